The number of nitro benzene ring substituents is 1. The molecule has 0 radical (unpaired) electrons. The van der Waals surface area contributed by atoms with Gasteiger partial charge in [-0.05, 0) is 46.5 Å². The fourth-order valence-corrected chi connectivity index (χ4v) is 3.21. The first kappa shape index (κ1) is 18.2. The minimum absolute atomic E-state index is 0.0885. The van der Waals surface area contributed by atoms with E-state index in [4.69, 9.17) is 0 Å². The molecule has 0 bridgehead atoms. The average Bonchev–Trinajstić information content (AvgIpc) is 3.07. The molecule has 1 N–H and O–H groups in total. The highest BCUT2D eigenvalue weighted by Gasteiger charge is 2.18. The molecule has 0 atom stereocenters. The van der Waals surface area contributed by atoms with Crippen LogP contribution in [0.1, 0.15) is 10.4 Å². The third-order valence-corrected chi connectivity index (χ3v) is 4.78. The van der Waals surface area contributed by atoms with Crippen LogP contribution < -0.4 is 5.32 Å². The molecule has 0 fully saturated rings. The number of nitro groups is 1. The zero-order valence-corrected chi connectivity index (χ0v) is 16.0. The van der Waals surface area contributed by atoms with Crippen molar-refractivity contribution in [3.63, 3.8) is 0 Å². The van der Waals surface area contributed by atoms with Crippen molar-refractivity contribution in [3.8, 4) is 5.69 Å². The van der Waals surface area contributed by atoms with Gasteiger partial charge in [-0.3, -0.25) is 14.9 Å². The minimum Gasteiger partial charge on any atom is -0.320 e. The van der Waals surface area contributed by atoms with E-state index in [2.05, 4.69) is 26.3 Å². The van der Waals surface area contributed by atoms with Crippen LogP contribution in [-0.4, -0.2) is 26.9 Å². The zero-order valence-electron chi connectivity index (χ0n) is 13.5. The molecule has 0 unspecified atom stereocenters. The van der Waals surface area contributed by atoms with E-state index in [0.29, 0.717) is 16.3 Å². The lowest BCUT2D eigenvalue weighted by Gasteiger charge is -2.11. The van der Waals surface area contributed by atoms with Crippen LogP contribution in [0, 0.1) is 10.1 Å². The lowest BCUT2D eigenvalue weighted by molar-refractivity contribution is -0.387. The van der Waals surface area contributed by atoms with E-state index in [1.807, 2.05) is 12.1 Å². The number of anilines is 1. The maximum absolute atomic E-state index is 12.6. The predicted octanol–water partition coefficient (Wildman–Crippen LogP) is 4.52. The number of nitrogens with one attached hydrogen (secondary N) is 1. The number of thioether (sulfide) groups is 1. The number of hydrogen-bond acceptors (Lipinski definition) is 5. The lowest BCUT2D eigenvalue weighted by atomic mass is 10.1. The fraction of sp³-hybridized carbons (Fsp3) is 0.0588. The number of benzene rings is 2. The maximum atomic E-state index is 12.6. The smallest absolute Gasteiger partial charge is 0.283 e. The second-order valence-electron chi connectivity index (χ2n) is 5.22. The van der Waals surface area contributed by atoms with Crippen molar-refractivity contribution < 1.29 is 9.72 Å². The molecule has 2 aromatic carbocycles. The Balaban J connectivity index is 1.92. The first-order valence-corrected chi connectivity index (χ1v) is 9.44. The molecule has 0 saturated carbocycles. The zero-order chi connectivity index (χ0) is 18.7. The van der Waals surface area contributed by atoms with Gasteiger partial charge in [-0.1, -0.05) is 12.1 Å². The molecule has 7 nitrogen and oxygen atoms in total. The molecule has 1 aromatic heterocycles. The molecule has 3 rings (SSSR count). The number of hydrogen-bond donors (Lipinski definition) is 1. The van der Waals surface area contributed by atoms with Crippen LogP contribution in [0.2, 0.25) is 0 Å². The Kier molecular flexibility index (Phi) is 5.38. The Labute approximate surface area is 161 Å². The van der Waals surface area contributed by atoms with Crippen molar-refractivity contribution in [1.29, 1.82) is 0 Å². The normalized spacial score (nSPS) is 10.5. The highest BCUT2D eigenvalue weighted by molar-refractivity contribution is 9.10. The number of amides is 1. The SMILES string of the molecule is CSc1ccc(C(=O)Nc2ccccc2-n2cc(Br)cn2)cc1[N+](=O)[O-]. The average molecular weight is 433 g/mol. The van der Waals surface area contributed by atoms with E-state index in [0.717, 1.165) is 4.47 Å². The van der Waals surface area contributed by atoms with Crippen LogP contribution >= 0.6 is 27.7 Å². The molecule has 0 aliphatic heterocycles. The Morgan fingerprint density at radius 3 is 2.73 bits per heavy atom. The third kappa shape index (κ3) is 3.78. The van der Waals surface area contributed by atoms with Crippen molar-refractivity contribution in [2.45, 2.75) is 4.90 Å². The Morgan fingerprint density at radius 1 is 1.31 bits per heavy atom. The summed E-state index contributed by atoms with van der Waals surface area (Å²) < 4.78 is 2.43. The molecular weight excluding hydrogens is 420 g/mol. The van der Waals surface area contributed by atoms with Gasteiger partial charge in [-0.15, -0.1) is 11.8 Å². The number of halogens is 1. The summed E-state index contributed by atoms with van der Waals surface area (Å²) in [5.74, 6) is -0.431. The summed E-state index contributed by atoms with van der Waals surface area (Å²) in [6.45, 7) is 0. The fourth-order valence-electron chi connectivity index (χ4n) is 2.38. The second kappa shape index (κ2) is 7.71. The summed E-state index contributed by atoms with van der Waals surface area (Å²) in [5.41, 5.74) is 1.35. The standard InChI is InChI=1S/C17H13BrN4O3S/c1-26-16-7-6-11(8-15(16)22(24)25)17(23)20-13-4-2-3-5-14(13)21-10-12(18)9-19-21/h2-10H,1H3,(H,20,23). The van der Waals surface area contributed by atoms with Crippen LogP contribution in [0.15, 0.2) is 64.2 Å². The summed E-state index contributed by atoms with van der Waals surface area (Å²) in [6.07, 6.45) is 5.16. The molecule has 26 heavy (non-hydrogen) atoms. The molecule has 0 aliphatic carbocycles. The summed E-state index contributed by atoms with van der Waals surface area (Å²) in [7, 11) is 0. The predicted molar refractivity (Wildman–Crippen MR) is 104 cm³/mol. The summed E-state index contributed by atoms with van der Waals surface area (Å²) in [5, 5.41) is 18.2. The van der Waals surface area contributed by atoms with Crippen LogP contribution in [0.4, 0.5) is 11.4 Å². The molecule has 3 aromatic rings. The van der Waals surface area contributed by atoms with Gasteiger partial charge >= 0.3 is 0 Å². The van der Waals surface area contributed by atoms with Crippen molar-refractivity contribution in [2.75, 3.05) is 11.6 Å². The van der Waals surface area contributed by atoms with Crippen molar-refractivity contribution >= 4 is 45.0 Å². The van der Waals surface area contributed by atoms with E-state index >= 15 is 0 Å². The highest BCUT2D eigenvalue weighted by Crippen LogP contribution is 2.29. The molecule has 9 heteroatoms. The van der Waals surface area contributed by atoms with Gasteiger partial charge < -0.3 is 5.32 Å². The molecule has 0 spiro atoms. The monoisotopic (exact) mass is 432 g/mol. The molecular formula is C17H13BrN4O3S. The van der Waals surface area contributed by atoms with Gasteiger partial charge in [-0.2, -0.15) is 5.10 Å². The first-order valence-electron chi connectivity index (χ1n) is 7.43. The molecule has 132 valence electrons. The number of para-hydroxylation sites is 2. The number of rotatable bonds is 5. The van der Waals surface area contributed by atoms with Crippen molar-refractivity contribution in [1.82, 2.24) is 9.78 Å². The van der Waals surface area contributed by atoms with Crippen LogP contribution in [0.3, 0.4) is 0 Å². The molecule has 1 amide bonds. The van der Waals surface area contributed by atoms with Gasteiger partial charge in [0.25, 0.3) is 11.6 Å². The number of nitrogens with zero attached hydrogens (tertiary/aromatic N) is 3. The summed E-state index contributed by atoms with van der Waals surface area (Å²) in [6, 6.07) is 11.6. The molecule has 1 heterocycles. The first-order chi connectivity index (χ1) is 12.5. The van der Waals surface area contributed by atoms with Gasteiger partial charge in [0.05, 0.1) is 31.9 Å². The van der Waals surface area contributed by atoms with E-state index < -0.39 is 10.8 Å². The van der Waals surface area contributed by atoms with Gasteiger partial charge in [0.15, 0.2) is 0 Å². The van der Waals surface area contributed by atoms with Gasteiger partial charge in [0, 0.05) is 17.8 Å². The van der Waals surface area contributed by atoms with E-state index in [9.17, 15) is 14.9 Å². The molecule has 0 saturated heterocycles. The Morgan fingerprint density at radius 2 is 2.08 bits per heavy atom. The van der Waals surface area contributed by atoms with E-state index in [1.165, 1.54) is 17.8 Å². The molecule has 0 aliphatic rings. The Bertz CT molecular complexity index is 990. The maximum Gasteiger partial charge on any atom is 0.283 e. The highest BCUT2D eigenvalue weighted by atomic mass is 79.9. The van der Waals surface area contributed by atoms with Gasteiger partial charge in [0.2, 0.25) is 0 Å². The Hall–Kier alpha value is -2.65. The van der Waals surface area contributed by atoms with Crippen LogP contribution in [-0.2, 0) is 0 Å². The quantitative estimate of drug-likeness (QED) is 0.363. The van der Waals surface area contributed by atoms with Crippen molar-refractivity contribution in [2.24, 2.45) is 0 Å². The van der Waals surface area contributed by atoms with Crippen molar-refractivity contribution in [3.05, 3.63) is 75.0 Å². The van der Waals surface area contributed by atoms with E-state index in [-0.39, 0.29) is 11.3 Å². The third-order valence-electron chi connectivity index (χ3n) is 3.59. The topological polar surface area (TPSA) is 90.1 Å². The number of carbonyl (C=O) groups excluding carboxylic acids is 1. The minimum atomic E-state index is -0.488. The van der Waals surface area contributed by atoms with Gasteiger partial charge in [0.1, 0.15) is 0 Å². The number of aromatic nitrogens is 2. The lowest BCUT2D eigenvalue weighted by Crippen LogP contribution is -2.14. The van der Waals surface area contributed by atoms with Crippen LogP contribution in [0.25, 0.3) is 5.69 Å². The van der Waals surface area contributed by atoms with E-state index in [1.54, 1.807) is 47.6 Å². The summed E-state index contributed by atoms with van der Waals surface area (Å²) >= 11 is 4.60. The summed E-state index contributed by atoms with van der Waals surface area (Å²) in [4.78, 5) is 23.8. The van der Waals surface area contributed by atoms with Gasteiger partial charge in [-0.25, -0.2) is 4.68 Å². The van der Waals surface area contributed by atoms with Crippen LogP contribution in [0.5, 0.6) is 0 Å². The largest absolute Gasteiger partial charge is 0.320 e. The number of carbonyl (C=O) groups is 1. The second-order valence-corrected chi connectivity index (χ2v) is 6.98.